The van der Waals surface area contributed by atoms with Gasteiger partial charge in [-0.25, -0.2) is 8.42 Å². The Bertz CT molecular complexity index is 1570. The van der Waals surface area contributed by atoms with Crippen molar-refractivity contribution in [3.05, 3.63) is 82.9 Å². The number of amides is 2. The second-order valence-corrected chi connectivity index (χ2v) is 13.6. The Morgan fingerprint density at radius 1 is 0.978 bits per heavy atom. The van der Waals surface area contributed by atoms with Gasteiger partial charge in [-0.2, -0.15) is 0 Å². The van der Waals surface area contributed by atoms with Crippen molar-refractivity contribution in [3.63, 3.8) is 0 Å². The zero-order valence-electron chi connectivity index (χ0n) is 26.3. The monoisotopic (exact) mass is 655 g/mol. The number of nitrogens with one attached hydrogen (secondary N) is 1. The number of aryl methyl sites for hydroxylation is 1. The highest BCUT2D eigenvalue weighted by Crippen LogP contribution is 2.32. The van der Waals surface area contributed by atoms with Crippen LogP contribution in [0.1, 0.15) is 56.6 Å². The molecule has 1 aliphatic rings. The number of carbonyl (C=O) groups excluding carboxylic acids is 2. The molecule has 0 bridgehead atoms. The van der Waals surface area contributed by atoms with Crippen LogP contribution in [-0.4, -0.2) is 58.0 Å². The highest BCUT2D eigenvalue weighted by molar-refractivity contribution is 7.92. The molecule has 0 saturated heterocycles. The maximum absolute atomic E-state index is 14.4. The summed E-state index contributed by atoms with van der Waals surface area (Å²) in [6.45, 7) is 3.23. The van der Waals surface area contributed by atoms with Crippen molar-refractivity contribution in [1.29, 1.82) is 0 Å². The lowest BCUT2D eigenvalue weighted by Crippen LogP contribution is -2.54. The molecular weight excluding hydrogens is 614 g/mol. The first kappa shape index (κ1) is 34.1. The Hall–Kier alpha value is -3.76. The molecule has 1 fully saturated rings. The molecule has 3 aromatic carbocycles. The Labute approximate surface area is 271 Å². The average molecular weight is 656 g/mol. The minimum atomic E-state index is -4.23. The van der Waals surface area contributed by atoms with Crippen molar-refractivity contribution < 1.29 is 27.5 Å². The van der Waals surface area contributed by atoms with Crippen molar-refractivity contribution in [2.75, 3.05) is 25.1 Å². The number of anilines is 1. The molecule has 11 heteroatoms. The van der Waals surface area contributed by atoms with Crippen molar-refractivity contribution in [1.82, 2.24) is 10.2 Å². The van der Waals surface area contributed by atoms with Crippen LogP contribution in [-0.2, 0) is 26.2 Å². The first-order chi connectivity index (χ1) is 21.6. The maximum atomic E-state index is 14.4. The summed E-state index contributed by atoms with van der Waals surface area (Å²) < 4.78 is 40.0. The number of halogens is 1. The summed E-state index contributed by atoms with van der Waals surface area (Å²) in [6, 6.07) is 17.5. The van der Waals surface area contributed by atoms with Gasteiger partial charge in [-0.1, -0.05) is 67.6 Å². The number of carbonyl (C=O) groups is 2. The number of hydrogen-bond acceptors (Lipinski definition) is 6. The van der Waals surface area contributed by atoms with Crippen LogP contribution in [0.3, 0.4) is 0 Å². The summed E-state index contributed by atoms with van der Waals surface area (Å²) in [5.74, 6) is 0.188. The predicted molar refractivity (Wildman–Crippen MR) is 176 cm³/mol. The van der Waals surface area contributed by atoms with Crippen molar-refractivity contribution in [3.8, 4) is 11.5 Å². The van der Waals surface area contributed by atoms with E-state index in [1.54, 1.807) is 43.5 Å². The topological polar surface area (TPSA) is 105 Å². The molecule has 45 heavy (non-hydrogen) atoms. The summed E-state index contributed by atoms with van der Waals surface area (Å²) in [7, 11) is -1.21. The third-order valence-electron chi connectivity index (χ3n) is 8.14. The van der Waals surface area contributed by atoms with Gasteiger partial charge in [0, 0.05) is 12.6 Å². The molecule has 1 N–H and O–H groups in total. The Morgan fingerprint density at radius 2 is 1.69 bits per heavy atom. The summed E-state index contributed by atoms with van der Waals surface area (Å²) >= 11 is 6.43. The fraction of sp³-hybridized carbons (Fsp3) is 0.412. The molecule has 0 heterocycles. The second-order valence-electron chi connectivity index (χ2n) is 11.3. The second kappa shape index (κ2) is 15.5. The van der Waals surface area contributed by atoms with E-state index in [4.69, 9.17) is 21.1 Å². The van der Waals surface area contributed by atoms with Crippen LogP contribution in [0.5, 0.6) is 11.5 Å². The molecule has 0 aliphatic heterocycles. The fourth-order valence-corrected chi connectivity index (χ4v) is 7.27. The van der Waals surface area contributed by atoms with E-state index in [2.05, 4.69) is 5.32 Å². The lowest BCUT2D eigenvalue weighted by atomic mass is 9.95. The fourth-order valence-electron chi connectivity index (χ4n) is 5.61. The molecule has 0 aromatic heterocycles. The van der Waals surface area contributed by atoms with Gasteiger partial charge in [-0.05, 0) is 74.2 Å². The number of ether oxygens (including phenoxy) is 2. The van der Waals surface area contributed by atoms with E-state index >= 15 is 0 Å². The molecule has 2 amide bonds. The molecule has 1 aliphatic carbocycles. The standard InChI is InChI=1S/C34H42ClN3O6S/c1-5-31(34(40)36-26-11-7-6-8-12-26)37(22-25-10-9-13-28(20-25)43-3)33(39)23-38(27-16-19-32(44-4)30(35)21-27)45(41,42)29-17-14-24(2)15-18-29/h9-10,13-21,26,31H,5-8,11-12,22-23H2,1-4H3,(H,36,40). The molecule has 0 radical (unpaired) electrons. The number of rotatable bonds is 13. The molecule has 1 unspecified atom stereocenters. The molecule has 3 aromatic rings. The summed E-state index contributed by atoms with van der Waals surface area (Å²) in [5.41, 5.74) is 1.83. The number of sulfonamides is 1. The van der Waals surface area contributed by atoms with E-state index < -0.39 is 28.5 Å². The molecule has 1 atom stereocenters. The summed E-state index contributed by atoms with van der Waals surface area (Å²) in [4.78, 5) is 29.6. The lowest BCUT2D eigenvalue weighted by molar-refractivity contribution is -0.140. The van der Waals surface area contributed by atoms with E-state index in [0.717, 1.165) is 47.5 Å². The SMILES string of the molecule is CCC(C(=O)NC1CCCCC1)N(Cc1cccc(OC)c1)C(=O)CN(c1ccc(OC)c(Cl)c1)S(=O)(=O)c1ccc(C)cc1. The minimum Gasteiger partial charge on any atom is -0.497 e. The first-order valence-electron chi connectivity index (χ1n) is 15.2. The number of methoxy groups -OCH3 is 2. The van der Waals surface area contributed by atoms with Crippen molar-refractivity contribution in [2.24, 2.45) is 0 Å². The lowest BCUT2D eigenvalue weighted by Gasteiger charge is -2.34. The van der Waals surface area contributed by atoms with Gasteiger partial charge in [0.15, 0.2) is 0 Å². The largest absolute Gasteiger partial charge is 0.497 e. The molecule has 9 nitrogen and oxygen atoms in total. The summed E-state index contributed by atoms with van der Waals surface area (Å²) in [6.07, 6.45) is 5.37. The van der Waals surface area contributed by atoms with Gasteiger partial charge in [0.05, 0.1) is 29.8 Å². The quantitative estimate of drug-likeness (QED) is 0.238. The van der Waals surface area contributed by atoms with Gasteiger partial charge in [0.1, 0.15) is 24.1 Å². The molecule has 4 rings (SSSR count). The van der Waals surface area contributed by atoms with E-state index in [1.807, 2.05) is 26.0 Å². The first-order valence-corrected chi connectivity index (χ1v) is 17.0. The van der Waals surface area contributed by atoms with Gasteiger partial charge in [-0.3, -0.25) is 13.9 Å². The molecule has 0 spiro atoms. The summed E-state index contributed by atoms with van der Waals surface area (Å²) in [5, 5.41) is 3.35. The zero-order valence-corrected chi connectivity index (χ0v) is 27.9. The number of nitrogens with zero attached hydrogens (tertiary/aromatic N) is 2. The van der Waals surface area contributed by atoms with Crippen LogP contribution < -0.4 is 19.1 Å². The highest BCUT2D eigenvalue weighted by atomic mass is 35.5. The van der Waals surface area contributed by atoms with E-state index in [0.29, 0.717) is 17.9 Å². The van der Waals surface area contributed by atoms with Gasteiger partial charge in [0.25, 0.3) is 10.0 Å². The Balaban J connectivity index is 1.74. The van der Waals surface area contributed by atoms with Crippen LogP contribution in [0, 0.1) is 6.92 Å². The smallest absolute Gasteiger partial charge is 0.264 e. The molecule has 242 valence electrons. The van der Waals surface area contributed by atoms with E-state index in [9.17, 15) is 18.0 Å². The highest BCUT2D eigenvalue weighted by Gasteiger charge is 2.34. The zero-order chi connectivity index (χ0) is 32.6. The normalized spacial score (nSPS) is 14.3. The van der Waals surface area contributed by atoms with Crippen molar-refractivity contribution >= 4 is 39.1 Å². The molecular formula is C34H42ClN3O6S. The third-order valence-corrected chi connectivity index (χ3v) is 10.2. The van der Waals surface area contributed by atoms with Crippen LogP contribution in [0.4, 0.5) is 5.69 Å². The van der Waals surface area contributed by atoms with Gasteiger partial charge in [-0.15, -0.1) is 0 Å². The van der Waals surface area contributed by atoms with Gasteiger partial charge >= 0.3 is 0 Å². The third kappa shape index (κ3) is 8.49. The number of hydrogen-bond donors (Lipinski definition) is 1. The maximum Gasteiger partial charge on any atom is 0.264 e. The van der Waals surface area contributed by atoms with Crippen molar-refractivity contribution in [2.45, 2.75) is 75.9 Å². The average Bonchev–Trinajstić information content (AvgIpc) is 3.04. The van der Waals surface area contributed by atoms with Crippen LogP contribution in [0.25, 0.3) is 0 Å². The van der Waals surface area contributed by atoms with Crippen LogP contribution in [0.15, 0.2) is 71.6 Å². The van der Waals surface area contributed by atoms with Crippen LogP contribution in [0.2, 0.25) is 5.02 Å². The Morgan fingerprint density at radius 3 is 2.31 bits per heavy atom. The number of benzene rings is 3. The van der Waals surface area contributed by atoms with E-state index in [1.165, 1.54) is 30.2 Å². The van der Waals surface area contributed by atoms with Crippen LogP contribution >= 0.6 is 11.6 Å². The van der Waals surface area contributed by atoms with Gasteiger partial charge < -0.3 is 19.7 Å². The Kier molecular flexibility index (Phi) is 11.7. The van der Waals surface area contributed by atoms with E-state index in [-0.39, 0.29) is 34.1 Å². The molecule has 1 saturated carbocycles. The predicted octanol–water partition coefficient (Wildman–Crippen LogP) is 6.12. The minimum absolute atomic E-state index is 0.0225. The van der Waals surface area contributed by atoms with Gasteiger partial charge in [0.2, 0.25) is 11.8 Å².